The molecule has 0 fully saturated rings. The molecule has 140 valence electrons. The van der Waals surface area contributed by atoms with Crippen LogP contribution in [-0.4, -0.2) is 27.1 Å². The molecule has 0 bridgehead atoms. The summed E-state index contributed by atoms with van der Waals surface area (Å²) in [5, 5.41) is 1.43. The molecule has 9 heteroatoms. The molecule has 0 radical (unpaired) electrons. The van der Waals surface area contributed by atoms with Crippen LogP contribution in [0.5, 0.6) is 0 Å². The maximum absolute atomic E-state index is 12.8. The third-order valence-electron chi connectivity index (χ3n) is 3.52. The lowest BCUT2D eigenvalue weighted by Gasteiger charge is -2.14. The minimum Gasteiger partial charge on any atom is -0.287 e. The Morgan fingerprint density at radius 1 is 1.31 bits per heavy atom. The molecular weight excluding hydrogens is 376 g/mol. The fourth-order valence-electron chi connectivity index (χ4n) is 2.19. The Morgan fingerprint density at radius 2 is 2.04 bits per heavy atom. The number of benzene rings is 1. The van der Waals surface area contributed by atoms with E-state index in [0.717, 1.165) is 18.2 Å². The van der Waals surface area contributed by atoms with Crippen molar-refractivity contribution in [3.05, 3.63) is 33.6 Å². The molecule has 26 heavy (non-hydrogen) atoms. The first-order chi connectivity index (χ1) is 12.3. The zero-order valence-corrected chi connectivity index (χ0v) is 16.4. The van der Waals surface area contributed by atoms with Gasteiger partial charge in [0, 0.05) is 18.5 Å². The molecule has 2 N–H and O–H groups in total. The molecule has 0 aliphatic carbocycles. The number of carbonyl (C=O) groups excluding carboxylic acids is 2. The first kappa shape index (κ1) is 20.3. The third-order valence-corrected chi connectivity index (χ3v) is 4.73. The largest absolute Gasteiger partial charge is 0.287 e. The number of halogens is 1. The van der Waals surface area contributed by atoms with Crippen molar-refractivity contribution < 1.29 is 9.59 Å². The molecule has 2 rings (SSSR count). The molecular formula is C17H21ClN4O3S. The Labute approximate surface area is 160 Å². The van der Waals surface area contributed by atoms with Crippen LogP contribution in [0, 0.1) is 5.92 Å². The van der Waals surface area contributed by atoms with Crippen molar-refractivity contribution >= 4 is 46.1 Å². The summed E-state index contributed by atoms with van der Waals surface area (Å²) in [6.07, 6.45) is 0.812. The first-order valence-electron chi connectivity index (χ1n) is 8.16. The molecule has 0 unspecified atom stereocenters. The second kappa shape index (κ2) is 9.05. The summed E-state index contributed by atoms with van der Waals surface area (Å²) in [6.45, 7) is 5.96. The van der Waals surface area contributed by atoms with Crippen molar-refractivity contribution in [2.24, 2.45) is 5.92 Å². The van der Waals surface area contributed by atoms with E-state index in [-0.39, 0.29) is 23.1 Å². The normalized spacial score (nSPS) is 11.0. The number of rotatable bonds is 6. The number of nitrogens with one attached hydrogen (secondary N) is 2. The van der Waals surface area contributed by atoms with Crippen molar-refractivity contribution in [3.63, 3.8) is 0 Å². The van der Waals surface area contributed by atoms with Crippen molar-refractivity contribution in [2.45, 2.75) is 38.9 Å². The Hall–Kier alpha value is -2.06. The molecule has 7 nitrogen and oxygen atoms in total. The van der Waals surface area contributed by atoms with E-state index in [1.165, 1.54) is 6.92 Å². The van der Waals surface area contributed by atoms with E-state index in [9.17, 15) is 14.4 Å². The van der Waals surface area contributed by atoms with Crippen molar-refractivity contribution in [2.75, 3.05) is 5.75 Å². The number of hydrazine groups is 1. The van der Waals surface area contributed by atoms with Crippen LogP contribution in [0.1, 0.15) is 27.2 Å². The van der Waals surface area contributed by atoms with Crippen LogP contribution in [0.3, 0.4) is 0 Å². The molecule has 1 heterocycles. The zero-order chi connectivity index (χ0) is 19.3. The van der Waals surface area contributed by atoms with E-state index >= 15 is 0 Å². The van der Waals surface area contributed by atoms with Gasteiger partial charge in [0.2, 0.25) is 11.8 Å². The highest BCUT2D eigenvalue weighted by Gasteiger charge is 2.14. The summed E-state index contributed by atoms with van der Waals surface area (Å²) in [7, 11) is 0. The standard InChI is InChI=1S/C17H21ClN4O3S/c1-10(2)6-7-22-16(25)13-5-4-12(18)8-14(13)19-17(22)26-9-15(24)21-20-11(3)23/h4-5,8,10H,6-7,9H2,1-3H3,(H,20,23)(H,21,24). The smallest absolute Gasteiger partial charge is 0.262 e. The van der Waals surface area contributed by atoms with Gasteiger partial charge in [-0.15, -0.1) is 0 Å². The minimum absolute atomic E-state index is 0.0144. The molecule has 0 atom stereocenters. The number of hydrogen-bond donors (Lipinski definition) is 2. The molecule has 0 saturated carbocycles. The Morgan fingerprint density at radius 3 is 2.69 bits per heavy atom. The van der Waals surface area contributed by atoms with Gasteiger partial charge in [-0.3, -0.25) is 29.8 Å². The number of aromatic nitrogens is 2. The lowest BCUT2D eigenvalue weighted by molar-refractivity contribution is -0.126. The number of amides is 2. The van der Waals surface area contributed by atoms with Crippen LogP contribution in [-0.2, 0) is 16.1 Å². The maximum atomic E-state index is 12.8. The highest BCUT2D eigenvalue weighted by atomic mass is 35.5. The van der Waals surface area contributed by atoms with E-state index in [0.29, 0.717) is 33.5 Å². The van der Waals surface area contributed by atoms with Gasteiger partial charge >= 0.3 is 0 Å². The second-order valence-corrected chi connectivity index (χ2v) is 7.59. The molecule has 2 aromatic rings. The van der Waals surface area contributed by atoms with Crippen LogP contribution in [0.15, 0.2) is 28.2 Å². The van der Waals surface area contributed by atoms with Gasteiger partial charge in [-0.05, 0) is 30.5 Å². The summed E-state index contributed by atoms with van der Waals surface area (Å²) in [5.41, 5.74) is 4.85. The number of nitrogens with zero attached hydrogens (tertiary/aromatic N) is 2. The first-order valence-corrected chi connectivity index (χ1v) is 9.52. The predicted molar refractivity (Wildman–Crippen MR) is 103 cm³/mol. The quantitative estimate of drug-likeness (QED) is 0.444. The van der Waals surface area contributed by atoms with Crippen molar-refractivity contribution in [1.82, 2.24) is 20.4 Å². The summed E-state index contributed by atoms with van der Waals surface area (Å²) < 4.78 is 1.59. The summed E-state index contributed by atoms with van der Waals surface area (Å²) in [5.74, 6) is -0.319. The molecule has 1 aromatic carbocycles. The Kier molecular flexibility index (Phi) is 7.05. The fraction of sp³-hybridized carbons (Fsp3) is 0.412. The van der Waals surface area contributed by atoms with Gasteiger partial charge in [0.25, 0.3) is 5.56 Å². The molecule has 0 spiro atoms. The van der Waals surface area contributed by atoms with Gasteiger partial charge in [0.15, 0.2) is 5.16 Å². The molecule has 0 saturated heterocycles. The highest BCUT2D eigenvalue weighted by molar-refractivity contribution is 7.99. The van der Waals surface area contributed by atoms with Gasteiger partial charge in [-0.1, -0.05) is 37.2 Å². The van der Waals surface area contributed by atoms with Crippen LogP contribution in [0.25, 0.3) is 10.9 Å². The Balaban J connectivity index is 2.31. The number of carbonyl (C=O) groups is 2. The minimum atomic E-state index is -0.388. The van der Waals surface area contributed by atoms with Gasteiger partial charge in [0.05, 0.1) is 16.7 Å². The molecule has 0 aliphatic heterocycles. The van der Waals surface area contributed by atoms with E-state index < -0.39 is 0 Å². The van der Waals surface area contributed by atoms with Gasteiger partial charge in [-0.2, -0.15) is 0 Å². The molecule has 1 aromatic heterocycles. The monoisotopic (exact) mass is 396 g/mol. The SMILES string of the molecule is CC(=O)NNC(=O)CSc1nc2cc(Cl)ccc2c(=O)n1CCC(C)C. The van der Waals surface area contributed by atoms with Gasteiger partial charge < -0.3 is 0 Å². The van der Waals surface area contributed by atoms with E-state index in [1.807, 2.05) is 0 Å². The van der Waals surface area contributed by atoms with Crippen molar-refractivity contribution in [1.29, 1.82) is 0 Å². The number of thioether (sulfide) groups is 1. The number of fused-ring (bicyclic) bond motifs is 1. The summed E-state index contributed by atoms with van der Waals surface area (Å²) >= 11 is 7.14. The third kappa shape index (κ3) is 5.47. The molecule has 0 aliphatic rings. The lowest BCUT2D eigenvalue weighted by Crippen LogP contribution is -2.41. The number of hydrogen-bond acceptors (Lipinski definition) is 5. The fourth-order valence-corrected chi connectivity index (χ4v) is 3.18. The molecule has 2 amide bonds. The van der Waals surface area contributed by atoms with Crippen LogP contribution in [0.4, 0.5) is 0 Å². The zero-order valence-electron chi connectivity index (χ0n) is 14.8. The highest BCUT2D eigenvalue weighted by Crippen LogP contribution is 2.21. The van der Waals surface area contributed by atoms with Crippen LogP contribution < -0.4 is 16.4 Å². The van der Waals surface area contributed by atoms with Gasteiger partial charge in [-0.25, -0.2) is 4.98 Å². The van der Waals surface area contributed by atoms with E-state index in [1.54, 1.807) is 22.8 Å². The summed E-state index contributed by atoms with van der Waals surface area (Å²) in [6, 6.07) is 4.96. The van der Waals surface area contributed by atoms with Crippen LogP contribution in [0.2, 0.25) is 5.02 Å². The second-order valence-electron chi connectivity index (χ2n) is 6.21. The Bertz CT molecular complexity index is 882. The average Bonchev–Trinajstić information content (AvgIpc) is 2.56. The van der Waals surface area contributed by atoms with Gasteiger partial charge in [0.1, 0.15) is 0 Å². The predicted octanol–water partition coefficient (Wildman–Crippen LogP) is 2.36. The van der Waals surface area contributed by atoms with E-state index in [4.69, 9.17) is 11.6 Å². The van der Waals surface area contributed by atoms with E-state index in [2.05, 4.69) is 29.7 Å². The lowest BCUT2D eigenvalue weighted by atomic mass is 10.1. The topological polar surface area (TPSA) is 93.1 Å². The van der Waals surface area contributed by atoms with Crippen LogP contribution >= 0.6 is 23.4 Å². The van der Waals surface area contributed by atoms with Crippen molar-refractivity contribution in [3.8, 4) is 0 Å². The average molecular weight is 397 g/mol. The maximum Gasteiger partial charge on any atom is 0.262 e. The summed E-state index contributed by atoms with van der Waals surface area (Å²) in [4.78, 5) is 40.0.